The molecule has 0 aliphatic carbocycles. The van der Waals surface area contributed by atoms with Crippen molar-refractivity contribution in [3.8, 4) is 0 Å². The smallest absolute Gasteiger partial charge is 0.000451 e. The van der Waals surface area contributed by atoms with E-state index in [1.54, 1.807) is 0 Å². The van der Waals surface area contributed by atoms with Crippen LogP contribution in [0.2, 0.25) is 0 Å². The van der Waals surface area contributed by atoms with Crippen LogP contribution in [-0.4, -0.2) is 6.54 Å². The number of hydrogen-bond acceptors (Lipinski definition) is 1. The van der Waals surface area contributed by atoms with Gasteiger partial charge in [-0.3, -0.25) is 0 Å². The lowest BCUT2D eigenvalue weighted by Gasteiger charge is -2.24. The third-order valence-electron chi connectivity index (χ3n) is 5.22. The number of hydrogen-bond donors (Lipinski definition) is 1. The van der Waals surface area contributed by atoms with E-state index in [1.807, 2.05) is 0 Å². The summed E-state index contributed by atoms with van der Waals surface area (Å²) in [5.41, 5.74) is 11.9. The first-order valence-corrected chi connectivity index (χ1v) is 9.18. The van der Waals surface area contributed by atoms with Gasteiger partial charge in [-0.05, 0) is 58.3 Å². The second-order valence-electron chi connectivity index (χ2n) is 8.10. The van der Waals surface area contributed by atoms with Crippen molar-refractivity contribution >= 4 is 10.8 Å². The van der Waals surface area contributed by atoms with Crippen LogP contribution >= 0.6 is 0 Å². The summed E-state index contributed by atoms with van der Waals surface area (Å²) in [5.74, 6) is 0.341. The second-order valence-corrected chi connectivity index (χ2v) is 8.10. The molecule has 0 spiro atoms. The van der Waals surface area contributed by atoms with Gasteiger partial charge in [0.25, 0.3) is 0 Å². The van der Waals surface area contributed by atoms with Crippen LogP contribution in [0.25, 0.3) is 10.8 Å². The van der Waals surface area contributed by atoms with Gasteiger partial charge >= 0.3 is 0 Å². The van der Waals surface area contributed by atoms with Crippen molar-refractivity contribution in [2.45, 2.75) is 45.4 Å². The lowest BCUT2D eigenvalue weighted by atomic mass is 9.81. The van der Waals surface area contributed by atoms with E-state index in [1.165, 1.54) is 33.0 Å². The van der Waals surface area contributed by atoms with Crippen molar-refractivity contribution in [2.75, 3.05) is 6.54 Å². The highest BCUT2D eigenvalue weighted by Gasteiger charge is 2.19. The van der Waals surface area contributed by atoms with Gasteiger partial charge in [0.15, 0.2) is 0 Å². The number of fused-ring (bicyclic) bond motifs is 1. The molecule has 25 heavy (non-hydrogen) atoms. The number of rotatable bonds is 4. The molecule has 0 saturated carbocycles. The van der Waals surface area contributed by atoms with E-state index < -0.39 is 0 Å². The standard InChI is InChI=1S/C24H29N/c1-17-12-13-21(24(2,3)4)15-23(17)20(16-25)14-19-10-7-9-18-8-5-6-11-22(18)19/h5-13,15,20H,14,16,25H2,1-4H3. The maximum atomic E-state index is 6.22. The Morgan fingerprint density at radius 3 is 2.36 bits per heavy atom. The average Bonchev–Trinajstić information content (AvgIpc) is 2.59. The number of aryl methyl sites for hydroxylation is 1. The SMILES string of the molecule is Cc1ccc(C(C)(C)C)cc1C(CN)Cc1cccc2ccccc12. The summed E-state index contributed by atoms with van der Waals surface area (Å²) in [6.45, 7) is 9.67. The van der Waals surface area contributed by atoms with Gasteiger partial charge in [-0.15, -0.1) is 0 Å². The molecule has 0 fully saturated rings. The van der Waals surface area contributed by atoms with Gasteiger partial charge in [-0.2, -0.15) is 0 Å². The third kappa shape index (κ3) is 3.77. The summed E-state index contributed by atoms with van der Waals surface area (Å²) in [7, 11) is 0. The first-order valence-electron chi connectivity index (χ1n) is 9.18. The Hall–Kier alpha value is -2.12. The molecule has 0 amide bonds. The zero-order valence-electron chi connectivity index (χ0n) is 15.8. The molecule has 0 radical (unpaired) electrons. The van der Waals surface area contributed by atoms with Crippen LogP contribution in [0, 0.1) is 6.92 Å². The maximum Gasteiger partial charge on any atom is 0.000451 e. The molecule has 0 bridgehead atoms. The Morgan fingerprint density at radius 2 is 1.64 bits per heavy atom. The Bertz CT molecular complexity index is 865. The van der Waals surface area contributed by atoms with Gasteiger partial charge in [0, 0.05) is 5.92 Å². The Morgan fingerprint density at radius 1 is 0.920 bits per heavy atom. The highest BCUT2D eigenvalue weighted by Crippen LogP contribution is 2.31. The van der Waals surface area contributed by atoms with Crippen molar-refractivity contribution < 1.29 is 0 Å². The van der Waals surface area contributed by atoms with E-state index in [0.717, 1.165) is 6.42 Å². The fourth-order valence-electron chi connectivity index (χ4n) is 3.60. The molecule has 0 heterocycles. The zero-order chi connectivity index (χ0) is 18.0. The fourth-order valence-corrected chi connectivity index (χ4v) is 3.60. The summed E-state index contributed by atoms with van der Waals surface area (Å²) in [4.78, 5) is 0. The van der Waals surface area contributed by atoms with Crippen LogP contribution in [-0.2, 0) is 11.8 Å². The molecule has 0 aliphatic rings. The molecule has 3 aromatic rings. The summed E-state index contributed by atoms with van der Waals surface area (Å²) < 4.78 is 0. The van der Waals surface area contributed by atoms with Gasteiger partial charge in [0.1, 0.15) is 0 Å². The summed E-state index contributed by atoms with van der Waals surface area (Å²) in [6, 6.07) is 22.1. The minimum atomic E-state index is 0.154. The molecule has 1 atom stereocenters. The van der Waals surface area contributed by atoms with E-state index in [9.17, 15) is 0 Å². The second kappa shape index (κ2) is 7.01. The first kappa shape index (κ1) is 17.7. The van der Waals surface area contributed by atoms with Crippen LogP contribution < -0.4 is 5.73 Å². The van der Waals surface area contributed by atoms with Gasteiger partial charge in [-0.1, -0.05) is 81.4 Å². The molecule has 0 aromatic heterocycles. The van der Waals surface area contributed by atoms with Crippen molar-refractivity contribution in [1.82, 2.24) is 0 Å². The van der Waals surface area contributed by atoms with Gasteiger partial charge in [-0.25, -0.2) is 0 Å². The van der Waals surface area contributed by atoms with Gasteiger partial charge in [0.2, 0.25) is 0 Å². The van der Waals surface area contributed by atoms with Crippen LogP contribution in [0.15, 0.2) is 60.7 Å². The molecule has 2 N–H and O–H groups in total. The fraction of sp³-hybridized carbons (Fsp3) is 0.333. The monoisotopic (exact) mass is 331 g/mol. The molecule has 1 nitrogen and oxygen atoms in total. The van der Waals surface area contributed by atoms with Crippen molar-refractivity contribution in [3.05, 3.63) is 82.9 Å². The minimum absolute atomic E-state index is 0.154. The van der Waals surface area contributed by atoms with E-state index in [4.69, 9.17) is 5.73 Å². The van der Waals surface area contributed by atoms with Crippen LogP contribution in [0.5, 0.6) is 0 Å². The van der Waals surface area contributed by atoms with Crippen LogP contribution in [0.1, 0.15) is 48.9 Å². The molecular formula is C24H29N. The largest absolute Gasteiger partial charge is 0.330 e. The predicted molar refractivity (Wildman–Crippen MR) is 109 cm³/mol. The van der Waals surface area contributed by atoms with Crippen molar-refractivity contribution in [2.24, 2.45) is 5.73 Å². The minimum Gasteiger partial charge on any atom is -0.330 e. The van der Waals surface area contributed by atoms with Crippen molar-refractivity contribution in [3.63, 3.8) is 0 Å². The number of benzene rings is 3. The zero-order valence-corrected chi connectivity index (χ0v) is 15.8. The van der Waals surface area contributed by atoms with E-state index in [0.29, 0.717) is 12.5 Å². The first-order chi connectivity index (χ1) is 11.9. The lowest BCUT2D eigenvalue weighted by molar-refractivity contribution is 0.586. The molecule has 1 unspecified atom stereocenters. The molecule has 0 saturated heterocycles. The highest BCUT2D eigenvalue weighted by molar-refractivity contribution is 5.85. The predicted octanol–water partition coefficient (Wildman–Crippen LogP) is 5.73. The average molecular weight is 332 g/mol. The third-order valence-corrected chi connectivity index (χ3v) is 5.22. The molecule has 130 valence electrons. The molecule has 0 aliphatic heterocycles. The van der Waals surface area contributed by atoms with Gasteiger partial charge < -0.3 is 5.73 Å². The molecule has 3 rings (SSSR count). The van der Waals surface area contributed by atoms with Crippen molar-refractivity contribution in [1.29, 1.82) is 0 Å². The molecular weight excluding hydrogens is 302 g/mol. The summed E-state index contributed by atoms with van der Waals surface area (Å²) in [5, 5.41) is 2.64. The molecule has 3 aromatic carbocycles. The maximum absolute atomic E-state index is 6.22. The highest BCUT2D eigenvalue weighted by atomic mass is 14.5. The van der Waals surface area contributed by atoms with Gasteiger partial charge in [0.05, 0.1) is 0 Å². The van der Waals surface area contributed by atoms with Crippen LogP contribution in [0.3, 0.4) is 0 Å². The van der Waals surface area contributed by atoms with E-state index >= 15 is 0 Å². The lowest BCUT2D eigenvalue weighted by Crippen LogP contribution is -2.18. The van der Waals surface area contributed by atoms with E-state index in [-0.39, 0.29) is 5.41 Å². The summed E-state index contributed by atoms with van der Waals surface area (Å²) >= 11 is 0. The van der Waals surface area contributed by atoms with E-state index in [2.05, 4.69) is 88.4 Å². The topological polar surface area (TPSA) is 26.0 Å². The van der Waals surface area contributed by atoms with Crippen LogP contribution in [0.4, 0.5) is 0 Å². The Labute approximate surface area is 151 Å². The quantitative estimate of drug-likeness (QED) is 0.649. The molecule has 1 heteroatoms. The Balaban J connectivity index is 2.01. The normalized spacial score (nSPS) is 13.2. The summed E-state index contributed by atoms with van der Waals surface area (Å²) in [6.07, 6.45) is 0.978. The number of nitrogens with two attached hydrogens (primary N) is 1. The Kier molecular flexibility index (Phi) is 4.96.